The van der Waals surface area contributed by atoms with Crippen molar-refractivity contribution in [3.8, 4) is 6.07 Å². The number of nitriles is 1. The summed E-state index contributed by atoms with van der Waals surface area (Å²) in [6.07, 6.45) is 3.53. The van der Waals surface area contributed by atoms with Gasteiger partial charge in [-0.1, -0.05) is 29.3 Å². The zero-order chi connectivity index (χ0) is 10.4. The van der Waals surface area contributed by atoms with Crippen LogP contribution in [0.1, 0.15) is 30.7 Å². The van der Waals surface area contributed by atoms with Crippen LogP contribution in [0.5, 0.6) is 0 Å². The van der Waals surface area contributed by atoms with Crippen LogP contribution in [0, 0.1) is 11.3 Å². The van der Waals surface area contributed by atoms with Crippen LogP contribution in [-0.2, 0) is 6.42 Å². The molecule has 0 saturated heterocycles. The van der Waals surface area contributed by atoms with E-state index in [2.05, 4.69) is 38.9 Å². The van der Waals surface area contributed by atoms with Crippen molar-refractivity contribution in [3.05, 3.63) is 23.8 Å². The summed E-state index contributed by atoms with van der Waals surface area (Å²) in [4.78, 5) is 8.24. The molecule has 1 unspecified atom stereocenters. The van der Waals surface area contributed by atoms with Crippen molar-refractivity contribution >= 4 is 15.9 Å². The SMILES string of the molecule is CCCc1cc(C(C#N)CBr)ncn1. The number of nitrogens with zero attached hydrogens (tertiary/aromatic N) is 3. The summed E-state index contributed by atoms with van der Waals surface area (Å²) in [5, 5.41) is 9.48. The molecule has 14 heavy (non-hydrogen) atoms. The number of alkyl halides is 1. The van der Waals surface area contributed by atoms with Crippen LogP contribution in [-0.4, -0.2) is 15.3 Å². The second kappa shape index (κ2) is 5.71. The predicted molar refractivity (Wildman–Crippen MR) is 58.2 cm³/mol. The Morgan fingerprint density at radius 1 is 1.57 bits per heavy atom. The molecule has 0 aromatic carbocycles. The van der Waals surface area contributed by atoms with Crippen molar-refractivity contribution < 1.29 is 0 Å². The van der Waals surface area contributed by atoms with Gasteiger partial charge in [-0.15, -0.1) is 0 Å². The van der Waals surface area contributed by atoms with Crippen molar-refractivity contribution in [2.24, 2.45) is 0 Å². The Bertz CT molecular complexity index is 332. The van der Waals surface area contributed by atoms with E-state index in [4.69, 9.17) is 5.26 Å². The van der Waals surface area contributed by atoms with Crippen molar-refractivity contribution in [2.45, 2.75) is 25.7 Å². The third-order valence-electron chi connectivity index (χ3n) is 1.92. The lowest BCUT2D eigenvalue weighted by Crippen LogP contribution is -2.02. The van der Waals surface area contributed by atoms with Gasteiger partial charge in [-0.05, 0) is 12.5 Å². The Balaban J connectivity index is 2.88. The Labute approximate surface area is 92.3 Å². The quantitative estimate of drug-likeness (QED) is 0.775. The van der Waals surface area contributed by atoms with Crippen LogP contribution in [0.15, 0.2) is 12.4 Å². The van der Waals surface area contributed by atoms with Crippen molar-refractivity contribution in [3.63, 3.8) is 0 Å². The minimum Gasteiger partial charge on any atom is -0.241 e. The van der Waals surface area contributed by atoms with Crippen LogP contribution < -0.4 is 0 Å². The van der Waals surface area contributed by atoms with E-state index < -0.39 is 0 Å². The van der Waals surface area contributed by atoms with Crippen LogP contribution >= 0.6 is 15.9 Å². The molecule has 0 aliphatic rings. The number of aromatic nitrogens is 2. The minimum atomic E-state index is -0.173. The first kappa shape index (κ1) is 11.1. The number of hydrogen-bond acceptors (Lipinski definition) is 3. The average molecular weight is 254 g/mol. The summed E-state index contributed by atoms with van der Waals surface area (Å²) in [5.74, 6) is -0.173. The van der Waals surface area contributed by atoms with Gasteiger partial charge in [-0.2, -0.15) is 5.26 Å². The van der Waals surface area contributed by atoms with Gasteiger partial charge >= 0.3 is 0 Å². The standard InChI is InChI=1S/C10H12BrN3/c1-2-3-9-4-10(14-7-13-9)8(5-11)6-12/h4,7-8H,2-3,5H2,1H3. The van der Waals surface area contributed by atoms with Gasteiger partial charge in [-0.25, -0.2) is 9.97 Å². The van der Waals surface area contributed by atoms with E-state index in [0.717, 1.165) is 24.2 Å². The Morgan fingerprint density at radius 3 is 2.93 bits per heavy atom. The third-order valence-corrected chi connectivity index (χ3v) is 2.57. The number of rotatable bonds is 4. The fraction of sp³-hybridized carbons (Fsp3) is 0.500. The van der Waals surface area contributed by atoms with Gasteiger partial charge in [0, 0.05) is 11.0 Å². The average Bonchev–Trinajstić information content (AvgIpc) is 2.21. The van der Waals surface area contributed by atoms with Gasteiger partial charge in [0.25, 0.3) is 0 Å². The highest BCUT2D eigenvalue weighted by Gasteiger charge is 2.10. The number of hydrogen-bond donors (Lipinski definition) is 0. The van der Waals surface area contributed by atoms with E-state index in [1.807, 2.05) is 6.07 Å². The first-order chi connectivity index (χ1) is 6.81. The molecule has 1 heterocycles. The van der Waals surface area contributed by atoms with Crippen molar-refractivity contribution in [1.29, 1.82) is 5.26 Å². The minimum absolute atomic E-state index is 0.173. The lowest BCUT2D eigenvalue weighted by atomic mass is 10.1. The molecule has 1 aromatic heterocycles. The molecular formula is C10H12BrN3. The highest BCUT2D eigenvalue weighted by molar-refractivity contribution is 9.09. The third kappa shape index (κ3) is 2.78. The van der Waals surface area contributed by atoms with Gasteiger partial charge in [0.2, 0.25) is 0 Å². The molecule has 0 spiro atoms. The first-order valence-corrected chi connectivity index (χ1v) is 5.70. The maximum atomic E-state index is 8.86. The fourth-order valence-corrected chi connectivity index (χ4v) is 1.65. The van der Waals surface area contributed by atoms with E-state index in [9.17, 15) is 0 Å². The monoisotopic (exact) mass is 253 g/mol. The van der Waals surface area contributed by atoms with Crippen LogP contribution in [0.4, 0.5) is 0 Å². The van der Waals surface area contributed by atoms with E-state index in [0.29, 0.717) is 5.33 Å². The smallest absolute Gasteiger partial charge is 0.115 e. The summed E-state index contributed by atoms with van der Waals surface area (Å²) in [6.45, 7) is 2.11. The molecule has 0 aliphatic heterocycles. The molecular weight excluding hydrogens is 242 g/mol. The molecule has 0 fully saturated rings. The van der Waals surface area contributed by atoms with Gasteiger partial charge < -0.3 is 0 Å². The van der Waals surface area contributed by atoms with E-state index in [-0.39, 0.29) is 5.92 Å². The number of aryl methyl sites for hydroxylation is 1. The van der Waals surface area contributed by atoms with Gasteiger partial charge in [-0.3, -0.25) is 0 Å². The van der Waals surface area contributed by atoms with Gasteiger partial charge in [0.15, 0.2) is 0 Å². The van der Waals surface area contributed by atoms with Crippen LogP contribution in [0.3, 0.4) is 0 Å². The molecule has 1 rings (SSSR count). The highest BCUT2D eigenvalue weighted by Crippen LogP contribution is 2.15. The molecule has 0 N–H and O–H groups in total. The lowest BCUT2D eigenvalue weighted by molar-refractivity contribution is 0.841. The molecule has 1 aromatic rings. The molecule has 0 bridgehead atoms. The van der Waals surface area contributed by atoms with E-state index in [1.54, 1.807) is 0 Å². The molecule has 4 heteroatoms. The fourth-order valence-electron chi connectivity index (χ4n) is 1.18. The molecule has 0 saturated carbocycles. The topological polar surface area (TPSA) is 49.6 Å². The summed E-state index contributed by atoms with van der Waals surface area (Å²) in [7, 11) is 0. The zero-order valence-corrected chi connectivity index (χ0v) is 9.66. The molecule has 0 amide bonds. The maximum Gasteiger partial charge on any atom is 0.115 e. The summed E-state index contributed by atoms with van der Waals surface area (Å²) in [6, 6.07) is 4.12. The highest BCUT2D eigenvalue weighted by atomic mass is 79.9. The number of halogens is 1. The lowest BCUT2D eigenvalue weighted by Gasteiger charge is -2.05. The molecule has 0 radical (unpaired) electrons. The summed E-state index contributed by atoms with van der Waals surface area (Å²) >= 11 is 3.29. The van der Waals surface area contributed by atoms with Gasteiger partial charge in [0.05, 0.1) is 17.7 Å². The largest absolute Gasteiger partial charge is 0.241 e. The second-order valence-electron chi connectivity index (χ2n) is 3.02. The Hall–Kier alpha value is -0.950. The normalized spacial score (nSPS) is 12.1. The maximum absolute atomic E-state index is 8.86. The van der Waals surface area contributed by atoms with E-state index in [1.165, 1.54) is 6.33 Å². The zero-order valence-electron chi connectivity index (χ0n) is 8.07. The van der Waals surface area contributed by atoms with E-state index >= 15 is 0 Å². The van der Waals surface area contributed by atoms with Crippen LogP contribution in [0.25, 0.3) is 0 Å². The molecule has 74 valence electrons. The van der Waals surface area contributed by atoms with Gasteiger partial charge in [0.1, 0.15) is 6.33 Å². The Morgan fingerprint density at radius 2 is 2.36 bits per heavy atom. The first-order valence-electron chi connectivity index (χ1n) is 4.58. The predicted octanol–water partition coefficient (Wildman–Crippen LogP) is 2.43. The Kier molecular flexibility index (Phi) is 4.54. The molecule has 1 atom stereocenters. The second-order valence-corrected chi connectivity index (χ2v) is 3.67. The summed E-state index contributed by atoms with van der Waals surface area (Å²) < 4.78 is 0. The summed E-state index contributed by atoms with van der Waals surface area (Å²) in [5.41, 5.74) is 1.82. The van der Waals surface area contributed by atoms with Crippen LogP contribution in [0.2, 0.25) is 0 Å². The molecule has 3 nitrogen and oxygen atoms in total. The molecule has 0 aliphatic carbocycles. The van der Waals surface area contributed by atoms with Crippen molar-refractivity contribution in [2.75, 3.05) is 5.33 Å². The van der Waals surface area contributed by atoms with Crippen molar-refractivity contribution in [1.82, 2.24) is 9.97 Å².